The molecule has 2 N–H and O–H groups in total. The fourth-order valence-electron chi connectivity index (χ4n) is 2.09. The number of aliphatic carboxylic acids is 1. The third-order valence-corrected chi connectivity index (χ3v) is 3.67. The molecule has 0 atom stereocenters. The molecule has 22 heavy (non-hydrogen) atoms. The van der Waals surface area contributed by atoms with Gasteiger partial charge in [0.2, 0.25) is 0 Å². The number of hydrogen-bond acceptors (Lipinski definition) is 3. The Kier molecular flexibility index (Phi) is 5.32. The predicted octanol–water partition coefficient (Wildman–Crippen LogP) is 2.40. The first-order valence-corrected chi connectivity index (χ1v) is 7.65. The van der Waals surface area contributed by atoms with Crippen molar-refractivity contribution in [2.45, 2.75) is 19.8 Å². The molecule has 1 amide bonds. The van der Waals surface area contributed by atoms with Gasteiger partial charge in [0, 0.05) is 11.0 Å². The Bertz CT molecular complexity index is 680. The number of amides is 1. The molecule has 0 fully saturated rings. The van der Waals surface area contributed by atoms with Crippen LogP contribution >= 0.6 is 15.9 Å². The molecule has 0 spiro atoms. The zero-order chi connectivity index (χ0) is 16.1. The minimum Gasteiger partial charge on any atom is -0.481 e. The third kappa shape index (κ3) is 3.73. The van der Waals surface area contributed by atoms with Gasteiger partial charge in [-0.25, -0.2) is 4.68 Å². The number of carbonyl (C=O) groups excluding carboxylic acids is 1. The van der Waals surface area contributed by atoms with Crippen LogP contribution in [0.3, 0.4) is 0 Å². The number of carbonyl (C=O) groups is 2. The molecule has 0 bridgehead atoms. The highest BCUT2D eigenvalue weighted by Crippen LogP contribution is 2.18. The average molecular weight is 366 g/mol. The molecule has 0 saturated carbocycles. The maximum Gasteiger partial charge on any atom is 0.305 e. The zero-order valence-corrected chi connectivity index (χ0v) is 13.6. The number of benzene rings is 1. The van der Waals surface area contributed by atoms with Crippen molar-refractivity contribution in [3.63, 3.8) is 0 Å². The minimum absolute atomic E-state index is 0.0980. The van der Waals surface area contributed by atoms with Crippen molar-refractivity contribution >= 4 is 27.8 Å². The summed E-state index contributed by atoms with van der Waals surface area (Å²) in [5.41, 5.74) is 2.12. The van der Waals surface area contributed by atoms with Gasteiger partial charge in [0.15, 0.2) is 0 Å². The topological polar surface area (TPSA) is 84.2 Å². The molecule has 6 nitrogen and oxygen atoms in total. The Hall–Kier alpha value is -2.15. The van der Waals surface area contributed by atoms with E-state index >= 15 is 0 Å². The Morgan fingerprint density at radius 1 is 1.32 bits per heavy atom. The van der Waals surface area contributed by atoms with Crippen LogP contribution in [0.15, 0.2) is 34.9 Å². The molecule has 1 aromatic carbocycles. The first-order valence-electron chi connectivity index (χ1n) is 6.85. The molecule has 0 unspecified atom stereocenters. The van der Waals surface area contributed by atoms with E-state index in [0.717, 1.165) is 15.9 Å². The lowest BCUT2D eigenvalue weighted by Crippen LogP contribution is -2.26. The van der Waals surface area contributed by atoms with Gasteiger partial charge in [-0.05, 0) is 30.7 Å². The number of hydrogen-bond donors (Lipinski definition) is 2. The van der Waals surface area contributed by atoms with Crippen LogP contribution in [0.25, 0.3) is 5.69 Å². The Morgan fingerprint density at radius 3 is 2.59 bits per heavy atom. The van der Waals surface area contributed by atoms with E-state index in [2.05, 4.69) is 26.3 Å². The second kappa shape index (κ2) is 7.22. The number of carboxylic acid groups (broad SMARTS) is 1. The van der Waals surface area contributed by atoms with Crippen LogP contribution in [0.5, 0.6) is 0 Å². The molecule has 0 saturated heterocycles. The Balaban J connectivity index is 2.21. The molecule has 2 aromatic rings. The summed E-state index contributed by atoms with van der Waals surface area (Å²) in [6, 6.07) is 7.62. The number of nitrogens with zero attached hydrogens (tertiary/aromatic N) is 2. The van der Waals surface area contributed by atoms with Gasteiger partial charge in [0.25, 0.3) is 5.91 Å². The highest BCUT2D eigenvalue weighted by Gasteiger charge is 2.17. The van der Waals surface area contributed by atoms with Gasteiger partial charge >= 0.3 is 5.97 Å². The predicted molar refractivity (Wildman–Crippen MR) is 85.2 cm³/mol. The van der Waals surface area contributed by atoms with Gasteiger partial charge in [-0.15, -0.1) is 0 Å². The molecule has 0 radical (unpaired) electrons. The summed E-state index contributed by atoms with van der Waals surface area (Å²) in [4.78, 5) is 22.6. The minimum atomic E-state index is -0.943. The molecule has 0 aliphatic carbocycles. The van der Waals surface area contributed by atoms with E-state index < -0.39 is 5.97 Å². The van der Waals surface area contributed by atoms with Crippen LogP contribution in [-0.4, -0.2) is 33.3 Å². The van der Waals surface area contributed by atoms with Crippen LogP contribution < -0.4 is 5.32 Å². The van der Waals surface area contributed by atoms with E-state index in [1.54, 1.807) is 4.68 Å². The Morgan fingerprint density at radius 2 is 2.00 bits per heavy atom. The maximum atomic E-state index is 12.1. The second-order valence-electron chi connectivity index (χ2n) is 4.65. The highest BCUT2D eigenvalue weighted by molar-refractivity contribution is 9.10. The highest BCUT2D eigenvalue weighted by atomic mass is 79.9. The fraction of sp³-hybridized carbons (Fsp3) is 0.267. The van der Waals surface area contributed by atoms with Crippen LogP contribution in [0.2, 0.25) is 0 Å². The number of halogens is 1. The Labute approximate surface area is 136 Å². The molecular weight excluding hydrogens is 350 g/mol. The van der Waals surface area contributed by atoms with Gasteiger partial charge < -0.3 is 10.4 Å². The first-order chi connectivity index (χ1) is 10.5. The first kappa shape index (κ1) is 16.2. The molecule has 2 rings (SSSR count). The van der Waals surface area contributed by atoms with Gasteiger partial charge in [-0.3, -0.25) is 9.59 Å². The van der Waals surface area contributed by atoms with Crippen molar-refractivity contribution in [3.8, 4) is 5.69 Å². The SMILES string of the molecule is CCc1c(C(=O)NCCC(=O)O)cnn1-c1ccc(Br)cc1. The number of carboxylic acids is 1. The lowest BCUT2D eigenvalue weighted by atomic mass is 10.2. The lowest BCUT2D eigenvalue weighted by Gasteiger charge is -2.08. The molecule has 7 heteroatoms. The largest absolute Gasteiger partial charge is 0.481 e. The van der Waals surface area contributed by atoms with E-state index in [-0.39, 0.29) is 18.9 Å². The zero-order valence-electron chi connectivity index (χ0n) is 12.0. The van der Waals surface area contributed by atoms with E-state index in [1.165, 1.54) is 6.20 Å². The molecular formula is C15H16BrN3O3. The molecule has 116 valence electrons. The van der Waals surface area contributed by atoms with Gasteiger partial charge in [0.1, 0.15) is 0 Å². The average Bonchev–Trinajstić information content (AvgIpc) is 2.91. The molecule has 1 heterocycles. The van der Waals surface area contributed by atoms with E-state index in [4.69, 9.17) is 5.11 Å². The summed E-state index contributed by atoms with van der Waals surface area (Å²) in [6.45, 7) is 2.04. The van der Waals surface area contributed by atoms with Crippen molar-refractivity contribution in [3.05, 3.63) is 46.2 Å². The standard InChI is InChI=1S/C15H16BrN3O3/c1-2-13-12(15(22)17-8-7-14(20)21)9-18-19(13)11-5-3-10(16)4-6-11/h3-6,9H,2,7-8H2,1H3,(H,17,22)(H,20,21). The van der Waals surface area contributed by atoms with Gasteiger partial charge in [-0.1, -0.05) is 22.9 Å². The van der Waals surface area contributed by atoms with Crippen molar-refractivity contribution in [1.29, 1.82) is 0 Å². The molecule has 0 aliphatic heterocycles. The van der Waals surface area contributed by atoms with Gasteiger partial charge in [-0.2, -0.15) is 5.10 Å². The summed E-state index contributed by atoms with van der Waals surface area (Å²) in [5, 5.41) is 15.5. The monoisotopic (exact) mass is 365 g/mol. The maximum absolute atomic E-state index is 12.1. The van der Waals surface area contributed by atoms with Crippen molar-refractivity contribution in [1.82, 2.24) is 15.1 Å². The van der Waals surface area contributed by atoms with E-state index in [0.29, 0.717) is 12.0 Å². The van der Waals surface area contributed by atoms with E-state index in [1.807, 2.05) is 31.2 Å². The summed E-state index contributed by atoms with van der Waals surface area (Å²) in [5.74, 6) is -1.25. The molecule has 0 aliphatic rings. The van der Waals surface area contributed by atoms with Crippen LogP contribution in [0.1, 0.15) is 29.4 Å². The second-order valence-corrected chi connectivity index (χ2v) is 5.56. The number of nitrogens with one attached hydrogen (secondary N) is 1. The summed E-state index contributed by atoms with van der Waals surface area (Å²) < 4.78 is 2.69. The third-order valence-electron chi connectivity index (χ3n) is 3.14. The molecule has 1 aromatic heterocycles. The fourth-order valence-corrected chi connectivity index (χ4v) is 2.35. The number of aromatic nitrogens is 2. The summed E-state index contributed by atoms with van der Waals surface area (Å²) >= 11 is 3.38. The normalized spacial score (nSPS) is 10.5. The van der Waals surface area contributed by atoms with Crippen LogP contribution in [0, 0.1) is 0 Å². The van der Waals surface area contributed by atoms with Crippen molar-refractivity contribution < 1.29 is 14.7 Å². The van der Waals surface area contributed by atoms with Crippen LogP contribution in [-0.2, 0) is 11.2 Å². The van der Waals surface area contributed by atoms with Crippen molar-refractivity contribution in [2.75, 3.05) is 6.54 Å². The number of rotatable bonds is 6. The summed E-state index contributed by atoms with van der Waals surface area (Å²) in [6.07, 6.45) is 2.04. The summed E-state index contributed by atoms with van der Waals surface area (Å²) in [7, 11) is 0. The lowest BCUT2D eigenvalue weighted by molar-refractivity contribution is -0.136. The van der Waals surface area contributed by atoms with Crippen LogP contribution in [0.4, 0.5) is 0 Å². The van der Waals surface area contributed by atoms with Crippen molar-refractivity contribution in [2.24, 2.45) is 0 Å². The smallest absolute Gasteiger partial charge is 0.305 e. The quantitative estimate of drug-likeness (QED) is 0.822. The van der Waals surface area contributed by atoms with Gasteiger partial charge in [0.05, 0.1) is 29.6 Å². The van der Waals surface area contributed by atoms with E-state index in [9.17, 15) is 9.59 Å².